The first kappa shape index (κ1) is 12.5. The van der Waals surface area contributed by atoms with Crippen molar-refractivity contribution >= 4 is 11.6 Å². The number of hydrogen-bond acceptors (Lipinski definition) is 6. The molecule has 0 aliphatic heterocycles. The molecule has 1 aliphatic rings. The van der Waals surface area contributed by atoms with Crippen molar-refractivity contribution in [2.24, 2.45) is 0 Å². The molecular weight excluding hydrogens is 258 g/mol. The number of nitro groups is 1. The Hall–Kier alpha value is -2.57. The second-order valence-electron chi connectivity index (χ2n) is 4.61. The van der Waals surface area contributed by atoms with Gasteiger partial charge in [0.25, 0.3) is 0 Å². The molecule has 102 valence electrons. The zero-order valence-corrected chi connectivity index (χ0v) is 10.9. The Morgan fingerprint density at radius 2 is 2.25 bits per heavy atom. The molecule has 1 unspecified atom stereocenters. The van der Waals surface area contributed by atoms with E-state index >= 15 is 0 Å². The highest BCUT2D eigenvalue weighted by atomic mass is 16.6. The summed E-state index contributed by atoms with van der Waals surface area (Å²) in [5.41, 5.74) is 2.41. The highest BCUT2D eigenvalue weighted by Crippen LogP contribution is 2.39. The van der Waals surface area contributed by atoms with Gasteiger partial charge in [0.1, 0.15) is 11.9 Å². The van der Waals surface area contributed by atoms with Crippen molar-refractivity contribution in [3.63, 3.8) is 0 Å². The molecule has 1 aliphatic carbocycles. The molecule has 1 N–H and O–H groups in total. The van der Waals surface area contributed by atoms with Gasteiger partial charge in [0.2, 0.25) is 5.95 Å². The lowest BCUT2D eigenvalue weighted by Gasteiger charge is -2.11. The first-order valence-electron chi connectivity index (χ1n) is 6.33. The van der Waals surface area contributed by atoms with Crippen LogP contribution in [0.1, 0.15) is 29.3 Å². The Labute approximate surface area is 115 Å². The zero-order chi connectivity index (χ0) is 14.1. The van der Waals surface area contributed by atoms with Crippen LogP contribution in [-0.2, 0) is 6.42 Å². The molecular formula is C13H13N5O2. The molecule has 0 amide bonds. The number of rotatable bonds is 3. The fourth-order valence-electron chi connectivity index (χ4n) is 2.58. The number of aromatic nitrogens is 3. The molecule has 1 atom stereocenters. The second-order valence-corrected chi connectivity index (χ2v) is 4.61. The smallest absolute Gasteiger partial charge is 0.309 e. The first-order chi connectivity index (χ1) is 9.70. The van der Waals surface area contributed by atoms with Crippen LogP contribution in [0.2, 0.25) is 0 Å². The maximum Gasteiger partial charge on any atom is 0.309 e. The number of hydrogen-bond donors (Lipinski definition) is 1. The Balaban J connectivity index is 2.12. The number of pyridine rings is 1. The van der Waals surface area contributed by atoms with Crippen LogP contribution >= 0.6 is 0 Å². The van der Waals surface area contributed by atoms with Crippen LogP contribution in [0.15, 0.2) is 24.5 Å². The van der Waals surface area contributed by atoms with E-state index in [9.17, 15) is 10.1 Å². The predicted molar refractivity (Wildman–Crippen MR) is 72.6 cm³/mol. The SMILES string of the molecule is CNc1ncc([N+](=O)[O-])c(C2CCc3cccnc32)n1. The normalized spacial score (nSPS) is 16.8. The summed E-state index contributed by atoms with van der Waals surface area (Å²) in [6.45, 7) is 0. The Kier molecular flexibility index (Phi) is 3.02. The first-order valence-corrected chi connectivity index (χ1v) is 6.33. The monoisotopic (exact) mass is 271 g/mol. The molecule has 20 heavy (non-hydrogen) atoms. The molecule has 0 bridgehead atoms. The maximum absolute atomic E-state index is 11.2. The van der Waals surface area contributed by atoms with Gasteiger partial charge in [0, 0.05) is 13.2 Å². The Bertz CT molecular complexity index is 674. The van der Waals surface area contributed by atoms with E-state index in [4.69, 9.17) is 0 Å². The molecule has 7 heteroatoms. The highest BCUT2D eigenvalue weighted by molar-refractivity contribution is 5.46. The summed E-state index contributed by atoms with van der Waals surface area (Å²) >= 11 is 0. The van der Waals surface area contributed by atoms with Gasteiger partial charge in [-0.15, -0.1) is 0 Å². The van der Waals surface area contributed by atoms with E-state index < -0.39 is 4.92 Å². The van der Waals surface area contributed by atoms with Gasteiger partial charge < -0.3 is 5.32 Å². The Morgan fingerprint density at radius 3 is 3.00 bits per heavy atom. The molecule has 0 fully saturated rings. The summed E-state index contributed by atoms with van der Waals surface area (Å²) < 4.78 is 0. The number of nitrogens with one attached hydrogen (secondary N) is 1. The summed E-state index contributed by atoms with van der Waals surface area (Å²) in [7, 11) is 1.69. The van der Waals surface area contributed by atoms with Gasteiger partial charge in [-0.05, 0) is 24.5 Å². The van der Waals surface area contributed by atoms with Gasteiger partial charge in [0.15, 0.2) is 0 Å². The minimum atomic E-state index is -0.435. The van der Waals surface area contributed by atoms with Crippen LogP contribution in [0.4, 0.5) is 11.6 Å². The maximum atomic E-state index is 11.2. The van der Waals surface area contributed by atoms with Gasteiger partial charge in [-0.25, -0.2) is 9.97 Å². The standard InChI is InChI=1S/C13H13N5O2/c1-14-13-16-7-10(18(19)20)12(17-13)9-5-4-8-3-2-6-15-11(8)9/h2-3,6-7,9H,4-5H2,1H3,(H,14,16,17). The van der Waals surface area contributed by atoms with Crippen molar-refractivity contribution in [3.8, 4) is 0 Å². The van der Waals surface area contributed by atoms with Crippen molar-refractivity contribution in [3.05, 3.63) is 51.6 Å². The number of anilines is 1. The van der Waals surface area contributed by atoms with E-state index in [2.05, 4.69) is 20.3 Å². The fourth-order valence-corrected chi connectivity index (χ4v) is 2.58. The van der Waals surface area contributed by atoms with Gasteiger partial charge in [-0.1, -0.05) is 6.07 Å². The summed E-state index contributed by atoms with van der Waals surface area (Å²) in [6, 6.07) is 3.89. The van der Waals surface area contributed by atoms with Crippen molar-refractivity contribution in [1.82, 2.24) is 15.0 Å². The quantitative estimate of drug-likeness (QED) is 0.676. The lowest BCUT2D eigenvalue weighted by Crippen LogP contribution is -2.09. The van der Waals surface area contributed by atoms with Gasteiger partial charge >= 0.3 is 5.69 Å². The van der Waals surface area contributed by atoms with Crippen LogP contribution in [0.25, 0.3) is 0 Å². The van der Waals surface area contributed by atoms with Crippen LogP contribution in [0.3, 0.4) is 0 Å². The average molecular weight is 271 g/mol. The van der Waals surface area contributed by atoms with E-state index in [-0.39, 0.29) is 11.6 Å². The third kappa shape index (κ3) is 1.97. The molecule has 2 heterocycles. The van der Waals surface area contributed by atoms with Crippen LogP contribution < -0.4 is 5.32 Å². The average Bonchev–Trinajstić information content (AvgIpc) is 2.90. The molecule has 0 saturated heterocycles. The third-order valence-electron chi connectivity index (χ3n) is 3.51. The number of fused-ring (bicyclic) bond motifs is 1. The van der Waals surface area contributed by atoms with Crippen LogP contribution in [0, 0.1) is 10.1 Å². The third-order valence-corrected chi connectivity index (χ3v) is 3.51. The van der Waals surface area contributed by atoms with E-state index in [1.165, 1.54) is 6.20 Å². The minimum Gasteiger partial charge on any atom is -0.357 e. The molecule has 0 radical (unpaired) electrons. The van der Waals surface area contributed by atoms with Crippen molar-refractivity contribution < 1.29 is 4.92 Å². The van der Waals surface area contributed by atoms with E-state index in [1.807, 2.05) is 12.1 Å². The van der Waals surface area contributed by atoms with Crippen molar-refractivity contribution in [1.29, 1.82) is 0 Å². The molecule has 2 aromatic heterocycles. The predicted octanol–water partition coefficient (Wildman–Crippen LogP) is 1.90. The molecule has 0 spiro atoms. The topological polar surface area (TPSA) is 93.8 Å². The zero-order valence-electron chi connectivity index (χ0n) is 10.9. The van der Waals surface area contributed by atoms with Crippen molar-refractivity contribution in [2.75, 3.05) is 12.4 Å². The summed E-state index contributed by atoms with van der Waals surface area (Å²) in [4.78, 5) is 23.3. The second kappa shape index (κ2) is 4.84. The number of nitrogens with zero attached hydrogens (tertiary/aromatic N) is 4. The fraction of sp³-hybridized carbons (Fsp3) is 0.308. The van der Waals surface area contributed by atoms with Crippen LogP contribution in [0.5, 0.6) is 0 Å². The minimum absolute atomic E-state index is 0.0486. The summed E-state index contributed by atoms with van der Waals surface area (Å²) in [5, 5.41) is 14.0. The summed E-state index contributed by atoms with van der Waals surface area (Å²) in [6.07, 6.45) is 4.62. The van der Waals surface area contributed by atoms with Gasteiger partial charge in [0.05, 0.1) is 16.5 Å². The largest absolute Gasteiger partial charge is 0.357 e. The molecule has 0 saturated carbocycles. The van der Waals surface area contributed by atoms with E-state index in [1.54, 1.807) is 13.2 Å². The lowest BCUT2D eigenvalue weighted by molar-refractivity contribution is -0.386. The Morgan fingerprint density at radius 1 is 1.40 bits per heavy atom. The molecule has 7 nitrogen and oxygen atoms in total. The molecule has 2 aromatic rings. The van der Waals surface area contributed by atoms with Crippen LogP contribution in [-0.4, -0.2) is 26.9 Å². The van der Waals surface area contributed by atoms with Crippen molar-refractivity contribution in [2.45, 2.75) is 18.8 Å². The summed E-state index contributed by atoms with van der Waals surface area (Å²) in [5.74, 6) is 0.247. The number of aryl methyl sites for hydroxylation is 1. The van der Waals surface area contributed by atoms with E-state index in [0.717, 1.165) is 24.1 Å². The highest BCUT2D eigenvalue weighted by Gasteiger charge is 2.32. The van der Waals surface area contributed by atoms with E-state index in [0.29, 0.717) is 11.6 Å². The van der Waals surface area contributed by atoms with Gasteiger partial charge in [-0.3, -0.25) is 15.1 Å². The molecule has 3 rings (SSSR count). The van der Waals surface area contributed by atoms with Gasteiger partial charge in [-0.2, -0.15) is 0 Å². The lowest BCUT2D eigenvalue weighted by atomic mass is 10.0. The molecule has 0 aromatic carbocycles.